The molecule has 0 heterocycles. The molecule has 1 aromatic carbocycles. The van der Waals surface area contributed by atoms with E-state index in [4.69, 9.17) is 23.2 Å². The van der Waals surface area contributed by atoms with Gasteiger partial charge in [-0.15, -0.1) is 11.6 Å². The third-order valence-electron chi connectivity index (χ3n) is 2.16. The van der Waals surface area contributed by atoms with E-state index in [-0.39, 0.29) is 16.2 Å². The molecule has 1 nitrogen and oxygen atoms in total. The van der Waals surface area contributed by atoms with Crippen LogP contribution in [-0.4, -0.2) is 11.9 Å². The number of hydrogen-bond donors (Lipinski definition) is 1. The van der Waals surface area contributed by atoms with Crippen LogP contribution in [0.1, 0.15) is 18.9 Å². The summed E-state index contributed by atoms with van der Waals surface area (Å²) in [7, 11) is 0. The maximum atomic E-state index is 13.0. The highest BCUT2D eigenvalue weighted by molar-refractivity contribution is 6.31. The zero-order valence-electron chi connectivity index (χ0n) is 8.56. The Kier molecular flexibility index (Phi) is 5.37. The minimum absolute atomic E-state index is 0.109. The smallest absolute Gasteiger partial charge is 0.142 e. The second kappa shape index (κ2) is 6.31. The van der Waals surface area contributed by atoms with E-state index in [1.807, 2.05) is 6.92 Å². The van der Waals surface area contributed by atoms with Crippen molar-refractivity contribution >= 4 is 23.2 Å². The van der Waals surface area contributed by atoms with Gasteiger partial charge in [0.2, 0.25) is 0 Å². The molecule has 0 amide bonds. The standard InChI is InChI=1S/C11H14Cl2FN/c1-2-9(12)7-15-6-8-4-3-5-10(14)11(8)13/h3-5,9,15H,2,6-7H2,1H3. The molecule has 1 unspecified atom stereocenters. The van der Waals surface area contributed by atoms with Gasteiger partial charge in [0.1, 0.15) is 5.82 Å². The summed E-state index contributed by atoms with van der Waals surface area (Å²) in [5.74, 6) is -0.381. The van der Waals surface area contributed by atoms with Crippen molar-refractivity contribution in [2.75, 3.05) is 6.54 Å². The predicted molar refractivity (Wildman–Crippen MR) is 63.0 cm³/mol. The number of halogens is 3. The molecule has 0 aliphatic rings. The molecule has 1 rings (SSSR count). The number of benzene rings is 1. The molecule has 1 N–H and O–H groups in total. The van der Waals surface area contributed by atoms with Crippen LogP contribution in [0.25, 0.3) is 0 Å². The van der Waals surface area contributed by atoms with Gasteiger partial charge in [-0.1, -0.05) is 30.7 Å². The van der Waals surface area contributed by atoms with Crippen molar-refractivity contribution < 1.29 is 4.39 Å². The van der Waals surface area contributed by atoms with Crippen LogP contribution in [0.15, 0.2) is 18.2 Å². The lowest BCUT2D eigenvalue weighted by Gasteiger charge is -2.09. The molecule has 0 spiro atoms. The van der Waals surface area contributed by atoms with E-state index in [2.05, 4.69) is 5.32 Å². The lowest BCUT2D eigenvalue weighted by atomic mass is 10.2. The second-order valence-electron chi connectivity index (χ2n) is 3.35. The Balaban J connectivity index is 2.47. The van der Waals surface area contributed by atoms with Gasteiger partial charge in [0.25, 0.3) is 0 Å². The molecule has 1 atom stereocenters. The molecule has 0 saturated heterocycles. The van der Waals surface area contributed by atoms with E-state index in [0.29, 0.717) is 13.1 Å². The van der Waals surface area contributed by atoms with Crippen molar-refractivity contribution in [3.63, 3.8) is 0 Å². The van der Waals surface area contributed by atoms with Gasteiger partial charge in [-0.2, -0.15) is 0 Å². The first kappa shape index (κ1) is 12.8. The molecule has 0 aliphatic carbocycles. The van der Waals surface area contributed by atoms with Crippen molar-refractivity contribution in [2.24, 2.45) is 0 Å². The quantitative estimate of drug-likeness (QED) is 0.787. The zero-order valence-corrected chi connectivity index (χ0v) is 10.1. The third kappa shape index (κ3) is 3.98. The molecule has 0 fully saturated rings. The van der Waals surface area contributed by atoms with E-state index in [0.717, 1.165) is 12.0 Å². The first-order valence-corrected chi connectivity index (χ1v) is 5.74. The van der Waals surface area contributed by atoms with Crippen molar-refractivity contribution in [2.45, 2.75) is 25.3 Å². The number of alkyl halides is 1. The Morgan fingerprint density at radius 1 is 1.47 bits per heavy atom. The fourth-order valence-corrected chi connectivity index (χ4v) is 1.49. The number of rotatable bonds is 5. The van der Waals surface area contributed by atoms with Crippen LogP contribution in [-0.2, 0) is 6.54 Å². The van der Waals surface area contributed by atoms with Crippen molar-refractivity contribution in [1.82, 2.24) is 5.32 Å². The lowest BCUT2D eigenvalue weighted by molar-refractivity contribution is 0.616. The Bertz CT molecular complexity index is 317. The van der Waals surface area contributed by atoms with Crippen LogP contribution in [0.4, 0.5) is 4.39 Å². The van der Waals surface area contributed by atoms with Gasteiger partial charge in [-0.3, -0.25) is 0 Å². The molecule has 1 aromatic rings. The van der Waals surface area contributed by atoms with E-state index >= 15 is 0 Å². The average molecular weight is 250 g/mol. The van der Waals surface area contributed by atoms with Gasteiger partial charge >= 0.3 is 0 Å². The summed E-state index contributed by atoms with van der Waals surface area (Å²) in [6.07, 6.45) is 0.908. The molecule has 0 radical (unpaired) electrons. The third-order valence-corrected chi connectivity index (χ3v) is 3.04. The highest BCUT2D eigenvalue weighted by atomic mass is 35.5. The van der Waals surface area contributed by atoms with Gasteiger partial charge < -0.3 is 5.32 Å². The number of hydrogen-bond acceptors (Lipinski definition) is 1. The lowest BCUT2D eigenvalue weighted by Crippen LogP contribution is -2.22. The molecule has 15 heavy (non-hydrogen) atoms. The Hall–Kier alpha value is -0.310. The summed E-state index contributed by atoms with van der Waals surface area (Å²) in [6.45, 7) is 3.26. The zero-order chi connectivity index (χ0) is 11.3. The molecule has 0 aromatic heterocycles. The van der Waals surface area contributed by atoms with Crippen LogP contribution in [0.3, 0.4) is 0 Å². The summed E-state index contributed by atoms with van der Waals surface area (Å²) >= 11 is 11.7. The van der Waals surface area contributed by atoms with Crippen LogP contribution in [0.5, 0.6) is 0 Å². The van der Waals surface area contributed by atoms with Gasteiger partial charge in [-0.05, 0) is 18.1 Å². The van der Waals surface area contributed by atoms with E-state index in [9.17, 15) is 4.39 Å². The Morgan fingerprint density at radius 3 is 2.87 bits per heavy atom. The van der Waals surface area contributed by atoms with Crippen LogP contribution in [0, 0.1) is 5.82 Å². The fourth-order valence-electron chi connectivity index (χ4n) is 1.19. The highest BCUT2D eigenvalue weighted by Gasteiger charge is 2.06. The van der Waals surface area contributed by atoms with Crippen molar-refractivity contribution in [3.8, 4) is 0 Å². The summed E-state index contributed by atoms with van der Waals surface area (Å²) in [4.78, 5) is 0. The molecular weight excluding hydrogens is 236 g/mol. The molecule has 84 valence electrons. The molecule has 0 bridgehead atoms. The topological polar surface area (TPSA) is 12.0 Å². The first-order chi connectivity index (χ1) is 7.15. The van der Waals surface area contributed by atoms with Crippen LogP contribution >= 0.6 is 23.2 Å². The molecule has 0 saturated carbocycles. The summed E-state index contributed by atoms with van der Waals surface area (Å²) in [6, 6.07) is 4.80. The van der Waals surface area contributed by atoms with Gasteiger partial charge in [-0.25, -0.2) is 4.39 Å². The van der Waals surface area contributed by atoms with Crippen molar-refractivity contribution in [3.05, 3.63) is 34.6 Å². The van der Waals surface area contributed by atoms with Gasteiger partial charge in [0, 0.05) is 18.5 Å². The van der Waals surface area contributed by atoms with Gasteiger partial charge in [0.05, 0.1) is 5.02 Å². The van der Waals surface area contributed by atoms with E-state index in [1.54, 1.807) is 12.1 Å². The van der Waals surface area contributed by atoms with Crippen LogP contribution < -0.4 is 5.32 Å². The fraction of sp³-hybridized carbons (Fsp3) is 0.455. The minimum atomic E-state index is -0.381. The maximum absolute atomic E-state index is 13.0. The monoisotopic (exact) mass is 249 g/mol. The summed E-state index contributed by atoms with van der Waals surface area (Å²) < 4.78 is 13.0. The first-order valence-electron chi connectivity index (χ1n) is 4.92. The SMILES string of the molecule is CCC(Cl)CNCc1cccc(F)c1Cl. The molecule has 4 heteroatoms. The minimum Gasteiger partial charge on any atom is -0.311 e. The highest BCUT2D eigenvalue weighted by Crippen LogP contribution is 2.19. The van der Waals surface area contributed by atoms with Gasteiger partial charge in [0.15, 0.2) is 0 Å². The molecular formula is C11H14Cl2FN. The Morgan fingerprint density at radius 2 is 2.20 bits per heavy atom. The largest absolute Gasteiger partial charge is 0.311 e. The normalized spacial score (nSPS) is 12.8. The molecule has 0 aliphatic heterocycles. The Labute approximate surface area is 99.6 Å². The van der Waals surface area contributed by atoms with Crippen LogP contribution in [0.2, 0.25) is 5.02 Å². The number of nitrogens with one attached hydrogen (secondary N) is 1. The summed E-state index contributed by atoms with van der Waals surface area (Å²) in [5.41, 5.74) is 0.761. The second-order valence-corrected chi connectivity index (χ2v) is 4.34. The van der Waals surface area contributed by atoms with Crippen molar-refractivity contribution in [1.29, 1.82) is 0 Å². The maximum Gasteiger partial charge on any atom is 0.142 e. The van der Waals surface area contributed by atoms with E-state index in [1.165, 1.54) is 6.07 Å². The average Bonchev–Trinajstić information content (AvgIpc) is 2.24. The predicted octanol–water partition coefficient (Wildman–Crippen LogP) is 3.59. The summed E-state index contributed by atoms with van der Waals surface area (Å²) in [5, 5.41) is 3.43. The van der Waals surface area contributed by atoms with E-state index < -0.39 is 0 Å².